The van der Waals surface area contributed by atoms with Crippen molar-refractivity contribution in [1.29, 1.82) is 0 Å². The largest absolute Gasteiger partial charge is 0.378 e. The van der Waals surface area contributed by atoms with E-state index in [-0.39, 0.29) is 11.3 Å². The van der Waals surface area contributed by atoms with Crippen molar-refractivity contribution in [3.63, 3.8) is 0 Å². The molecule has 25 heavy (non-hydrogen) atoms. The van der Waals surface area contributed by atoms with E-state index in [1.807, 2.05) is 0 Å². The Bertz CT molecular complexity index is 458. The lowest BCUT2D eigenvalue weighted by molar-refractivity contribution is -0.133. The molecule has 0 aromatic rings. The van der Waals surface area contributed by atoms with Crippen molar-refractivity contribution in [2.45, 2.75) is 83.9 Å². The maximum absolute atomic E-state index is 11.7. The molecule has 0 radical (unpaired) electrons. The molecular formula is C19H36N4O2. The lowest BCUT2D eigenvalue weighted by Gasteiger charge is -2.55. The molecule has 144 valence electrons. The molecule has 6 nitrogen and oxygen atoms in total. The van der Waals surface area contributed by atoms with Gasteiger partial charge in [0.1, 0.15) is 0 Å². The second-order valence-electron chi connectivity index (χ2n) is 7.26. The molecule has 2 atom stereocenters. The van der Waals surface area contributed by atoms with Gasteiger partial charge in [-0.15, -0.1) is 0 Å². The van der Waals surface area contributed by atoms with Gasteiger partial charge in [0.05, 0.1) is 6.10 Å². The summed E-state index contributed by atoms with van der Waals surface area (Å²) in [5.41, 5.74) is 0.192. The van der Waals surface area contributed by atoms with Gasteiger partial charge >= 0.3 is 0 Å². The number of nitrogens with one attached hydrogen (secondary N) is 3. The average molecular weight is 353 g/mol. The fourth-order valence-corrected chi connectivity index (χ4v) is 3.93. The number of carbonyl (C=O) groups excluding carboxylic acids is 1. The van der Waals surface area contributed by atoms with E-state index in [0.717, 1.165) is 57.6 Å². The van der Waals surface area contributed by atoms with Crippen molar-refractivity contribution in [3.8, 4) is 0 Å². The van der Waals surface area contributed by atoms with Gasteiger partial charge in [-0.1, -0.05) is 13.8 Å². The highest BCUT2D eigenvalue weighted by molar-refractivity contribution is 5.80. The summed E-state index contributed by atoms with van der Waals surface area (Å²) in [5.74, 6) is 0.996. The molecule has 0 aromatic carbocycles. The number of hydrogen-bond acceptors (Lipinski definition) is 3. The Morgan fingerprint density at radius 2 is 1.92 bits per heavy atom. The van der Waals surface area contributed by atoms with Crippen LogP contribution in [0.2, 0.25) is 0 Å². The third-order valence-electron chi connectivity index (χ3n) is 5.82. The molecule has 1 amide bonds. The van der Waals surface area contributed by atoms with E-state index >= 15 is 0 Å². The van der Waals surface area contributed by atoms with Gasteiger partial charge in [-0.3, -0.25) is 9.79 Å². The van der Waals surface area contributed by atoms with Crippen LogP contribution in [0.3, 0.4) is 0 Å². The molecule has 0 saturated heterocycles. The highest BCUT2D eigenvalue weighted by atomic mass is 16.5. The first-order valence-electron chi connectivity index (χ1n) is 9.97. The number of amides is 1. The van der Waals surface area contributed by atoms with Crippen LogP contribution in [0.4, 0.5) is 0 Å². The maximum Gasteiger partial charge on any atom is 0.220 e. The van der Waals surface area contributed by atoms with E-state index in [9.17, 15) is 4.79 Å². The van der Waals surface area contributed by atoms with Crippen LogP contribution in [0.5, 0.6) is 0 Å². The number of aliphatic imine (C=N–C) groups is 1. The Hall–Kier alpha value is -1.30. The zero-order valence-corrected chi connectivity index (χ0v) is 16.4. The van der Waals surface area contributed by atoms with Crippen molar-refractivity contribution < 1.29 is 9.53 Å². The van der Waals surface area contributed by atoms with Crippen molar-refractivity contribution in [3.05, 3.63) is 0 Å². The summed E-state index contributed by atoms with van der Waals surface area (Å²) in [6.45, 7) is 8.09. The summed E-state index contributed by atoms with van der Waals surface area (Å²) in [7, 11) is 1.80. The van der Waals surface area contributed by atoms with E-state index in [4.69, 9.17) is 4.74 Å². The van der Waals surface area contributed by atoms with Crippen LogP contribution < -0.4 is 16.0 Å². The summed E-state index contributed by atoms with van der Waals surface area (Å²) in [4.78, 5) is 16.0. The van der Waals surface area contributed by atoms with Crippen LogP contribution in [0.1, 0.15) is 65.7 Å². The van der Waals surface area contributed by atoms with Gasteiger partial charge in [0.15, 0.2) is 5.96 Å². The smallest absolute Gasteiger partial charge is 0.220 e. The van der Waals surface area contributed by atoms with Gasteiger partial charge in [-0.05, 0) is 45.4 Å². The third kappa shape index (κ3) is 5.09. The third-order valence-corrected chi connectivity index (χ3v) is 5.82. The van der Waals surface area contributed by atoms with Crippen LogP contribution in [0.15, 0.2) is 4.99 Å². The van der Waals surface area contributed by atoms with E-state index < -0.39 is 0 Å². The van der Waals surface area contributed by atoms with Crippen LogP contribution >= 0.6 is 0 Å². The highest BCUT2D eigenvalue weighted by Crippen LogP contribution is 2.48. The van der Waals surface area contributed by atoms with Gasteiger partial charge < -0.3 is 20.7 Å². The Kier molecular flexibility index (Phi) is 7.54. The van der Waals surface area contributed by atoms with Crippen molar-refractivity contribution in [2.75, 3.05) is 20.2 Å². The summed E-state index contributed by atoms with van der Waals surface area (Å²) >= 11 is 0. The number of hydrogen-bond donors (Lipinski definition) is 3. The highest BCUT2D eigenvalue weighted by Gasteiger charge is 2.53. The number of ether oxygens (including phenoxy) is 1. The number of nitrogens with zero attached hydrogens (tertiary/aromatic N) is 1. The molecule has 6 heteroatoms. The average Bonchev–Trinajstić information content (AvgIpc) is 3.41. The van der Waals surface area contributed by atoms with E-state index in [0.29, 0.717) is 24.6 Å². The lowest BCUT2D eigenvalue weighted by atomic mass is 9.58. The van der Waals surface area contributed by atoms with Crippen LogP contribution in [-0.4, -0.2) is 50.3 Å². The zero-order valence-electron chi connectivity index (χ0n) is 16.4. The van der Waals surface area contributed by atoms with Crippen LogP contribution in [0.25, 0.3) is 0 Å². The quantitative estimate of drug-likeness (QED) is 0.320. The Morgan fingerprint density at radius 3 is 2.48 bits per heavy atom. The zero-order chi connectivity index (χ0) is 18.3. The van der Waals surface area contributed by atoms with Crippen LogP contribution in [0, 0.1) is 5.41 Å². The summed E-state index contributed by atoms with van der Waals surface area (Å²) in [6, 6.07) is 0.839. The molecule has 0 aliphatic heterocycles. The normalized spacial score (nSPS) is 25.2. The minimum atomic E-state index is 0.168. The fraction of sp³-hybridized carbons (Fsp3) is 0.895. The number of guanidine groups is 1. The molecule has 3 N–H and O–H groups in total. The number of carbonyl (C=O) groups is 1. The fourth-order valence-electron chi connectivity index (χ4n) is 3.93. The summed E-state index contributed by atoms with van der Waals surface area (Å²) < 4.78 is 5.94. The van der Waals surface area contributed by atoms with E-state index in [1.54, 1.807) is 7.05 Å². The molecule has 2 saturated carbocycles. The second-order valence-corrected chi connectivity index (χ2v) is 7.26. The van der Waals surface area contributed by atoms with Gasteiger partial charge in [0.25, 0.3) is 0 Å². The topological polar surface area (TPSA) is 74.8 Å². The monoisotopic (exact) mass is 352 g/mol. The Labute approximate surface area is 152 Å². The van der Waals surface area contributed by atoms with Gasteiger partial charge in [-0.2, -0.15) is 0 Å². The maximum atomic E-state index is 11.7. The predicted molar refractivity (Wildman–Crippen MR) is 102 cm³/mol. The van der Waals surface area contributed by atoms with Gasteiger partial charge in [0.2, 0.25) is 5.91 Å². The van der Waals surface area contributed by atoms with Crippen molar-refractivity contribution in [1.82, 2.24) is 16.0 Å². The first kappa shape index (κ1) is 20.0. The Morgan fingerprint density at radius 1 is 1.20 bits per heavy atom. The molecule has 0 spiro atoms. The molecular weight excluding hydrogens is 316 g/mol. The standard InChI is InChI=1S/C19H36N4O2/c1-5-19(6-2)15(13-16(19)25-7-3)23-18(20-4)21-12-8-9-17(24)22-14-10-11-14/h14-16H,5-13H2,1-4H3,(H,22,24)(H2,20,21,23). The first-order chi connectivity index (χ1) is 12.1. The van der Waals surface area contributed by atoms with E-state index in [2.05, 4.69) is 41.7 Å². The minimum absolute atomic E-state index is 0.168. The van der Waals surface area contributed by atoms with Crippen LogP contribution in [-0.2, 0) is 9.53 Å². The molecule has 0 heterocycles. The lowest BCUT2D eigenvalue weighted by Crippen LogP contribution is -2.65. The molecule has 2 rings (SSSR count). The number of rotatable bonds is 10. The Balaban J connectivity index is 1.72. The molecule has 2 aliphatic carbocycles. The summed E-state index contributed by atoms with van der Waals surface area (Å²) in [6.07, 6.45) is 7.24. The van der Waals surface area contributed by atoms with E-state index in [1.165, 1.54) is 0 Å². The second kappa shape index (κ2) is 9.41. The molecule has 2 unspecified atom stereocenters. The molecule has 0 bridgehead atoms. The first-order valence-corrected chi connectivity index (χ1v) is 9.97. The predicted octanol–water partition coefficient (Wildman–Crippen LogP) is 2.19. The molecule has 2 fully saturated rings. The molecule has 2 aliphatic rings. The van der Waals surface area contributed by atoms with Gasteiger partial charge in [0, 0.05) is 44.1 Å². The van der Waals surface area contributed by atoms with Crippen molar-refractivity contribution >= 4 is 11.9 Å². The summed E-state index contributed by atoms with van der Waals surface area (Å²) in [5, 5.41) is 9.94. The SMILES string of the molecule is CCOC1CC(NC(=NC)NCCCC(=O)NC2CC2)C1(CC)CC. The minimum Gasteiger partial charge on any atom is -0.378 e. The van der Waals surface area contributed by atoms with Gasteiger partial charge in [-0.25, -0.2) is 0 Å². The molecule has 0 aromatic heterocycles. The van der Waals surface area contributed by atoms with Crippen molar-refractivity contribution in [2.24, 2.45) is 10.4 Å².